The number of H-pyrrole nitrogens is 1. The number of anilines is 1. The van der Waals surface area contributed by atoms with Crippen molar-refractivity contribution in [3.8, 4) is 11.4 Å². The van der Waals surface area contributed by atoms with Crippen LogP contribution in [0.3, 0.4) is 0 Å². The molecule has 0 bridgehead atoms. The first-order valence-corrected chi connectivity index (χ1v) is 11.0. The number of hydrogen-bond acceptors (Lipinski definition) is 7. The van der Waals surface area contributed by atoms with E-state index in [9.17, 15) is 27.2 Å². The molecule has 36 heavy (non-hydrogen) atoms. The average molecular weight is 524 g/mol. The maximum Gasteiger partial charge on any atom is 0.423 e. The lowest BCUT2D eigenvalue weighted by molar-refractivity contribution is -0.138. The average Bonchev–Trinajstić information content (AvgIpc) is 2.80. The molecule has 0 saturated heterocycles. The number of aromatic amines is 1. The van der Waals surface area contributed by atoms with Gasteiger partial charge >= 0.3 is 6.18 Å². The second kappa shape index (κ2) is 10.0. The number of nitrogens with one attached hydrogen (secondary N) is 2. The van der Waals surface area contributed by atoms with Gasteiger partial charge in [0.05, 0.1) is 39.7 Å². The second-order valence-electron chi connectivity index (χ2n) is 7.99. The standard InChI is InChI=1S/C22H18ClF4N7O2/c1-11(32-17-9-31-33-20(35)18(17)22(25,26)27)3-2-4-34-10-30-16-6-13(15(24)5-14(16)21(34)36)19-28-7-12(23)8-29-19/h5-11H,2-4H2,1H3,(H2,32,33,35)/t11-/m0/s1. The van der Waals surface area contributed by atoms with Gasteiger partial charge in [-0.25, -0.2) is 24.4 Å². The van der Waals surface area contributed by atoms with Gasteiger partial charge in [-0.15, -0.1) is 0 Å². The van der Waals surface area contributed by atoms with Crippen molar-refractivity contribution in [2.24, 2.45) is 0 Å². The highest BCUT2D eigenvalue weighted by molar-refractivity contribution is 6.30. The summed E-state index contributed by atoms with van der Waals surface area (Å²) in [7, 11) is 0. The molecule has 188 valence electrons. The molecule has 0 fully saturated rings. The van der Waals surface area contributed by atoms with Crippen LogP contribution in [0.1, 0.15) is 25.3 Å². The molecule has 14 heteroatoms. The van der Waals surface area contributed by atoms with E-state index in [4.69, 9.17) is 11.6 Å². The fourth-order valence-electron chi connectivity index (χ4n) is 3.66. The Balaban J connectivity index is 1.47. The Morgan fingerprint density at radius 3 is 2.56 bits per heavy atom. The summed E-state index contributed by atoms with van der Waals surface area (Å²) < 4.78 is 55.6. The Morgan fingerprint density at radius 1 is 1.14 bits per heavy atom. The van der Waals surface area contributed by atoms with E-state index in [1.54, 1.807) is 12.0 Å². The summed E-state index contributed by atoms with van der Waals surface area (Å²) in [6.45, 7) is 1.83. The van der Waals surface area contributed by atoms with Crippen molar-refractivity contribution in [1.82, 2.24) is 29.7 Å². The van der Waals surface area contributed by atoms with Crippen molar-refractivity contribution in [3.05, 3.63) is 74.2 Å². The van der Waals surface area contributed by atoms with Gasteiger partial charge in [0, 0.05) is 25.0 Å². The summed E-state index contributed by atoms with van der Waals surface area (Å²) in [5.74, 6) is -0.609. The van der Waals surface area contributed by atoms with Crippen molar-refractivity contribution in [2.75, 3.05) is 5.32 Å². The molecule has 1 aromatic carbocycles. The van der Waals surface area contributed by atoms with Gasteiger partial charge in [0.2, 0.25) is 0 Å². The van der Waals surface area contributed by atoms with E-state index in [-0.39, 0.29) is 28.8 Å². The maximum atomic E-state index is 14.7. The first-order valence-electron chi connectivity index (χ1n) is 10.6. The molecule has 0 aliphatic carbocycles. The van der Waals surface area contributed by atoms with Gasteiger partial charge in [0.1, 0.15) is 11.4 Å². The molecule has 0 unspecified atom stereocenters. The number of hydrogen-bond donors (Lipinski definition) is 2. The highest BCUT2D eigenvalue weighted by Gasteiger charge is 2.37. The molecule has 2 N–H and O–H groups in total. The number of benzene rings is 1. The number of nitrogens with zero attached hydrogens (tertiary/aromatic N) is 5. The minimum absolute atomic E-state index is 0.0586. The van der Waals surface area contributed by atoms with Gasteiger partial charge in [-0.3, -0.25) is 14.2 Å². The quantitative estimate of drug-likeness (QED) is 0.351. The van der Waals surface area contributed by atoms with E-state index in [1.165, 1.54) is 29.4 Å². The van der Waals surface area contributed by atoms with E-state index < -0.39 is 40.4 Å². The molecule has 3 heterocycles. The van der Waals surface area contributed by atoms with Crippen LogP contribution in [0.5, 0.6) is 0 Å². The molecule has 9 nitrogen and oxygen atoms in total. The summed E-state index contributed by atoms with van der Waals surface area (Å²) in [5.41, 5.74) is -3.28. The first-order chi connectivity index (χ1) is 17.0. The third-order valence-electron chi connectivity index (χ3n) is 5.35. The van der Waals surface area contributed by atoms with Gasteiger partial charge < -0.3 is 5.32 Å². The van der Waals surface area contributed by atoms with Crippen LogP contribution >= 0.6 is 11.6 Å². The zero-order valence-electron chi connectivity index (χ0n) is 18.6. The molecule has 1 atom stereocenters. The van der Waals surface area contributed by atoms with Gasteiger partial charge in [-0.2, -0.15) is 18.3 Å². The molecule has 0 saturated carbocycles. The van der Waals surface area contributed by atoms with E-state index in [2.05, 4.69) is 25.4 Å². The summed E-state index contributed by atoms with van der Waals surface area (Å²) in [6, 6.07) is 1.97. The Hall–Kier alpha value is -3.87. The van der Waals surface area contributed by atoms with Crippen molar-refractivity contribution in [2.45, 2.75) is 38.5 Å². The van der Waals surface area contributed by atoms with Gasteiger partial charge in [0.15, 0.2) is 5.82 Å². The van der Waals surface area contributed by atoms with Crippen molar-refractivity contribution >= 4 is 28.2 Å². The van der Waals surface area contributed by atoms with Crippen LogP contribution in [-0.4, -0.2) is 35.8 Å². The third kappa shape index (κ3) is 5.35. The molecular weight excluding hydrogens is 506 g/mol. The lowest BCUT2D eigenvalue weighted by atomic mass is 10.1. The van der Waals surface area contributed by atoms with Crippen LogP contribution in [-0.2, 0) is 12.7 Å². The zero-order chi connectivity index (χ0) is 26.0. The van der Waals surface area contributed by atoms with Gasteiger partial charge in [0.25, 0.3) is 11.1 Å². The fourth-order valence-corrected chi connectivity index (χ4v) is 3.75. The lowest BCUT2D eigenvalue weighted by Gasteiger charge is -2.18. The van der Waals surface area contributed by atoms with Crippen LogP contribution in [0.15, 0.2) is 46.6 Å². The molecule has 0 spiro atoms. The van der Waals surface area contributed by atoms with Crippen LogP contribution < -0.4 is 16.4 Å². The Kier molecular flexibility index (Phi) is 7.02. The summed E-state index contributed by atoms with van der Waals surface area (Å²) >= 11 is 5.76. The molecule has 0 aliphatic rings. The van der Waals surface area contributed by atoms with Crippen LogP contribution in [0.25, 0.3) is 22.3 Å². The smallest absolute Gasteiger partial charge is 0.381 e. The molecule has 3 aromatic heterocycles. The Bertz CT molecular complexity index is 1520. The van der Waals surface area contributed by atoms with Crippen molar-refractivity contribution in [1.29, 1.82) is 0 Å². The predicted octanol–water partition coefficient (Wildman–Crippen LogP) is 4.03. The molecule has 0 radical (unpaired) electrons. The molecule has 4 aromatic rings. The number of rotatable bonds is 7. The highest BCUT2D eigenvalue weighted by Crippen LogP contribution is 2.31. The summed E-state index contributed by atoms with van der Waals surface area (Å²) in [4.78, 5) is 36.6. The molecule has 4 rings (SSSR count). The first kappa shape index (κ1) is 25.2. The Labute approximate surface area is 205 Å². The number of fused-ring (bicyclic) bond motifs is 1. The van der Waals surface area contributed by atoms with Gasteiger partial charge in [-0.05, 0) is 31.9 Å². The summed E-state index contributed by atoms with van der Waals surface area (Å²) in [6.07, 6.45) is 0.758. The maximum absolute atomic E-state index is 14.7. The second-order valence-corrected chi connectivity index (χ2v) is 8.43. The largest absolute Gasteiger partial charge is 0.423 e. The lowest BCUT2D eigenvalue weighted by Crippen LogP contribution is -2.27. The van der Waals surface area contributed by atoms with Crippen LogP contribution in [0.4, 0.5) is 23.2 Å². The van der Waals surface area contributed by atoms with Crippen LogP contribution in [0.2, 0.25) is 5.02 Å². The molecule has 0 amide bonds. The SMILES string of the molecule is C[C@@H](CCCn1cnc2cc(-c3ncc(Cl)cn3)c(F)cc2c1=O)Nc1cn[nH]c(=O)c1C(F)(F)F. The predicted molar refractivity (Wildman–Crippen MR) is 124 cm³/mol. The van der Waals surface area contributed by atoms with E-state index in [0.29, 0.717) is 17.9 Å². The Morgan fingerprint density at radius 2 is 1.86 bits per heavy atom. The number of halogens is 5. The van der Waals surface area contributed by atoms with Crippen molar-refractivity contribution in [3.63, 3.8) is 0 Å². The monoisotopic (exact) mass is 523 g/mol. The molecular formula is C22H18ClF4N7O2. The zero-order valence-corrected chi connectivity index (χ0v) is 19.4. The molecule has 0 aliphatic heterocycles. The van der Waals surface area contributed by atoms with E-state index in [0.717, 1.165) is 12.3 Å². The minimum atomic E-state index is -4.85. The third-order valence-corrected chi connectivity index (χ3v) is 5.55. The van der Waals surface area contributed by atoms with Crippen molar-refractivity contribution < 1.29 is 17.6 Å². The van der Waals surface area contributed by atoms with E-state index >= 15 is 0 Å². The van der Waals surface area contributed by atoms with Gasteiger partial charge in [-0.1, -0.05) is 11.6 Å². The van der Waals surface area contributed by atoms with E-state index in [1.807, 2.05) is 0 Å². The topological polar surface area (TPSA) is 118 Å². The minimum Gasteiger partial charge on any atom is -0.381 e. The fraction of sp³-hybridized carbons (Fsp3) is 0.273. The highest BCUT2D eigenvalue weighted by atomic mass is 35.5. The number of aromatic nitrogens is 6. The number of aryl methyl sites for hydroxylation is 1. The normalized spacial score (nSPS) is 12.6. The number of alkyl halides is 3. The summed E-state index contributed by atoms with van der Waals surface area (Å²) in [5, 5.41) is 8.19. The van der Waals surface area contributed by atoms with Crippen LogP contribution in [0, 0.1) is 5.82 Å².